The predicted molar refractivity (Wildman–Crippen MR) is 139 cm³/mol. The molecule has 0 N–H and O–H groups in total. The van der Waals surface area contributed by atoms with Gasteiger partial charge in [0.05, 0.1) is 19.3 Å². The van der Waals surface area contributed by atoms with E-state index >= 15 is 0 Å². The molecular formula is C28H32F2N4O4. The standard InChI is InChI=1S/C28H32F2N4O4/c1-28(2,3)38-27(36)33-13-11-32(12-14-33)18-21-16-24(20-7-10-25(37-4)23(30)15-20)31-34(26(21)35)17-19-5-8-22(29)9-6-19/h5-10,15-16H,11-14,17-18H2,1-4H3. The minimum atomic E-state index is -0.571. The van der Waals surface area contributed by atoms with E-state index in [-0.39, 0.29) is 29.8 Å². The van der Waals surface area contributed by atoms with E-state index in [1.54, 1.807) is 29.2 Å². The predicted octanol–water partition coefficient (Wildman–Crippen LogP) is 4.30. The summed E-state index contributed by atoms with van der Waals surface area (Å²) in [7, 11) is 1.39. The molecule has 10 heteroatoms. The summed E-state index contributed by atoms with van der Waals surface area (Å²) in [6.07, 6.45) is -0.355. The van der Waals surface area contributed by atoms with Crippen molar-refractivity contribution in [2.75, 3.05) is 33.3 Å². The van der Waals surface area contributed by atoms with Gasteiger partial charge >= 0.3 is 6.09 Å². The molecule has 1 saturated heterocycles. The van der Waals surface area contributed by atoms with E-state index in [4.69, 9.17) is 9.47 Å². The van der Waals surface area contributed by atoms with Gasteiger partial charge in [0.1, 0.15) is 11.4 Å². The van der Waals surface area contributed by atoms with Crippen molar-refractivity contribution in [3.05, 3.63) is 81.6 Å². The Morgan fingerprint density at radius 1 is 0.974 bits per heavy atom. The van der Waals surface area contributed by atoms with E-state index in [2.05, 4.69) is 10.00 Å². The first-order valence-electron chi connectivity index (χ1n) is 12.4. The van der Waals surface area contributed by atoms with Gasteiger partial charge < -0.3 is 14.4 Å². The second-order valence-corrected chi connectivity index (χ2v) is 10.2. The van der Waals surface area contributed by atoms with Gasteiger partial charge in [0.15, 0.2) is 11.6 Å². The molecule has 0 bridgehead atoms. The third-order valence-corrected chi connectivity index (χ3v) is 6.16. The third kappa shape index (κ3) is 6.74. The number of benzene rings is 2. The quantitative estimate of drug-likeness (QED) is 0.477. The lowest BCUT2D eigenvalue weighted by molar-refractivity contribution is 0.0138. The van der Waals surface area contributed by atoms with Crippen LogP contribution in [0.3, 0.4) is 0 Å². The van der Waals surface area contributed by atoms with Gasteiger partial charge in [-0.15, -0.1) is 0 Å². The zero-order valence-electron chi connectivity index (χ0n) is 22.0. The van der Waals surface area contributed by atoms with Gasteiger partial charge in [0.25, 0.3) is 5.56 Å². The molecule has 38 heavy (non-hydrogen) atoms. The highest BCUT2D eigenvalue weighted by Crippen LogP contribution is 2.25. The van der Waals surface area contributed by atoms with Crippen LogP contribution in [0.2, 0.25) is 0 Å². The Labute approximate surface area is 220 Å². The molecule has 2 heterocycles. The second-order valence-electron chi connectivity index (χ2n) is 10.2. The van der Waals surface area contributed by atoms with Crippen LogP contribution in [0.5, 0.6) is 5.75 Å². The fraction of sp³-hybridized carbons (Fsp3) is 0.393. The number of carbonyl (C=O) groups is 1. The van der Waals surface area contributed by atoms with Crippen molar-refractivity contribution < 1.29 is 23.0 Å². The molecule has 1 aromatic heterocycles. The van der Waals surface area contributed by atoms with Crippen LogP contribution < -0.4 is 10.3 Å². The molecule has 0 unspecified atom stereocenters. The molecule has 0 aliphatic carbocycles. The molecule has 0 saturated carbocycles. The Bertz CT molecular complexity index is 1340. The van der Waals surface area contributed by atoms with Crippen molar-refractivity contribution >= 4 is 6.09 Å². The molecule has 0 atom stereocenters. The third-order valence-electron chi connectivity index (χ3n) is 6.16. The minimum absolute atomic E-state index is 0.108. The summed E-state index contributed by atoms with van der Waals surface area (Å²) < 4.78 is 39.7. The van der Waals surface area contributed by atoms with Gasteiger partial charge in [-0.3, -0.25) is 9.69 Å². The van der Waals surface area contributed by atoms with Gasteiger partial charge in [-0.2, -0.15) is 5.10 Å². The lowest BCUT2D eigenvalue weighted by Gasteiger charge is -2.35. The summed E-state index contributed by atoms with van der Waals surface area (Å²) in [5.74, 6) is -0.804. The highest BCUT2D eigenvalue weighted by Gasteiger charge is 2.26. The van der Waals surface area contributed by atoms with Crippen LogP contribution >= 0.6 is 0 Å². The first-order valence-corrected chi connectivity index (χ1v) is 12.4. The molecule has 1 aliphatic heterocycles. The zero-order chi connectivity index (χ0) is 27.4. The fourth-order valence-corrected chi connectivity index (χ4v) is 4.20. The molecule has 0 radical (unpaired) electrons. The van der Waals surface area contributed by atoms with Crippen LogP contribution in [0.1, 0.15) is 31.9 Å². The number of aromatic nitrogens is 2. The average molecular weight is 527 g/mol. The van der Waals surface area contributed by atoms with Crippen molar-refractivity contribution in [3.63, 3.8) is 0 Å². The maximum atomic E-state index is 14.5. The SMILES string of the molecule is COc1ccc(-c2cc(CN3CCN(C(=O)OC(C)(C)C)CC3)c(=O)n(Cc3ccc(F)cc3)n2)cc1F. The van der Waals surface area contributed by atoms with Crippen molar-refractivity contribution in [1.82, 2.24) is 19.6 Å². The van der Waals surface area contributed by atoms with Crippen molar-refractivity contribution in [3.8, 4) is 17.0 Å². The van der Waals surface area contributed by atoms with Crippen molar-refractivity contribution in [2.24, 2.45) is 0 Å². The Hall–Kier alpha value is -3.79. The molecule has 4 rings (SSSR count). The Morgan fingerprint density at radius 2 is 1.66 bits per heavy atom. The lowest BCUT2D eigenvalue weighted by atomic mass is 10.1. The number of carbonyl (C=O) groups excluding carboxylic acids is 1. The average Bonchev–Trinajstić information content (AvgIpc) is 2.87. The Kier molecular flexibility index (Phi) is 8.11. The topological polar surface area (TPSA) is 76.9 Å². The van der Waals surface area contributed by atoms with E-state index in [0.29, 0.717) is 55.1 Å². The van der Waals surface area contributed by atoms with E-state index in [0.717, 1.165) is 0 Å². The second kappa shape index (κ2) is 11.3. The number of rotatable bonds is 6. The Morgan fingerprint density at radius 3 is 2.26 bits per heavy atom. The monoisotopic (exact) mass is 526 g/mol. The van der Waals surface area contributed by atoms with Crippen LogP contribution in [-0.2, 0) is 17.8 Å². The Balaban J connectivity index is 1.59. The first-order chi connectivity index (χ1) is 18.0. The highest BCUT2D eigenvalue weighted by molar-refractivity contribution is 5.68. The zero-order valence-corrected chi connectivity index (χ0v) is 22.0. The maximum absolute atomic E-state index is 14.5. The molecular weight excluding hydrogens is 494 g/mol. The maximum Gasteiger partial charge on any atom is 0.410 e. The molecule has 0 spiro atoms. The lowest BCUT2D eigenvalue weighted by Crippen LogP contribution is -2.50. The van der Waals surface area contributed by atoms with Crippen LogP contribution in [0.4, 0.5) is 13.6 Å². The number of hydrogen-bond donors (Lipinski definition) is 0. The summed E-state index contributed by atoms with van der Waals surface area (Å²) in [6, 6.07) is 12.0. The number of ether oxygens (including phenoxy) is 2. The minimum Gasteiger partial charge on any atom is -0.494 e. The number of amides is 1. The van der Waals surface area contributed by atoms with Crippen LogP contribution in [-0.4, -0.2) is 64.6 Å². The van der Waals surface area contributed by atoms with Crippen LogP contribution in [0.15, 0.2) is 53.3 Å². The van der Waals surface area contributed by atoms with Gasteiger partial charge in [-0.25, -0.2) is 18.3 Å². The molecule has 1 amide bonds. The number of halogens is 2. The number of piperazine rings is 1. The normalized spacial score (nSPS) is 14.4. The van der Waals surface area contributed by atoms with Gasteiger partial charge in [0, 0.05) is 43.9 Å². The summed E-state index contributed by atoms with van der Waals surface area (Å²) in [4.78, 5) is 29.6. The smallest absolute Gasteiger partial charge is 0.410 e. The molecule has 2 aromatic carbocycles. The summed E-state index contributed by atoms with van der Waals surface area (Å²) in [5.41, 5.74) is 1.25. The van der Waals surface area contributed by atoms with Gasteiger partial charge in [-0.1, -0.05) is 12.1 Å². The summed E-state index contributed by atoms with van der Waals surface area (Å²) in [5, 5.41) is 4.49. The van der Waals surface area contributed by atoms with E-state index in [9.17, 15) is 18.4 Å². The molecule has 8 nitrogen and oxygen atoms in total. The molecule has 202 valence electrons. The van der Waals surface area contributed by atoms with E-state index < -0.39 is 11.4 Å². The summed E-state index contributed by atoms with van der Waals surface area (Å²) >= 11 is 0. The molecule has 1 fully saturated rings. The van der Waals surface area contributed by atoms with E-state index in [1.165, 1.54) is 36.1 Å². The van der Waals surface area contributed by atoms with Crippen LogP contribution in [0, 0.1) is 11.6 Å². The fourth-order valence-electron chi connectivity index (χ4n) is 4.20. The van der Waals surface area contributed by atoms with Crippen molar-refractivity contribution in [2.45, 2.75) is 39.5 Å². The largest absolute Gasteiger partial charge is 0.494 e. The number of hydrogen-bond acceptors (Lipinski definition) is 6. The summed E-state index contributed by atoms with van der Waals surface area (Å²) in [6.45, 7) is 8.01. The van der Waals surface area contributed by atoms with Gasteiger partial charge in [0.2, 0.25) is 0 Å². The molecule has 3 aromatic rings. The van der Waals surface area contributed by atoms with Crippen LogP contribution in [0.25, 0.3) is 11.3 Å². The first kappa shape index (κ1) is 27.3. The number of methoxy groups -OCH3 is 1. The highest BCUT2D eigenvalue weighted by atomic mass is 19.1. The molecule has 1 aliphatic rings. The number of nitrogens with zero attached hydrogens (tertiary/aromatic N) is 4. The van der Waals surface area contributed by atoms with Crippen molar-refractivity contribution in [1.29, 1.82) is 0 Å². The van der Waals surface area contributed by atoms with Gasteiger partial charge in [-0.05, 0) is 62.7 Å². The van der Waals surface area contributed by atoms with E-state index in [1.807, 2.05) is 20.8 Å².